The van der Waals surface area contributed by atoms with Crippen LogP contribution in [0.25, 0.3) is 0 Å². The van der Waals surface area contributed by atoms with E-state index in [2.05, 4.69) is 18.7 Å². The van der Waals surface area contributed by atoms with Gasteiger partial charge in [0.15, 0.2) is 0 Å². The molecule has 0 aliphatic carbocycles. The van der Waals surface area contributed by atoms with Crippen LogP contribution in [0.3, 0.4) is 0 Å². The highest BCUT2D eigenvalue weighted by molar-refractivity contribution is 5.70. The van der Waals surface area contributed by atoms with Crippen molar-refractivity contribution in [1.29, 1.82) is 0 Å². The Kier molecular flexibility index (Phi) is 3.76. The van der Waals surface area contributed by atoms with E-state index in [9.17, 15) is 4.79 Å². The molecule has 0 amide bonds. The van der Waals surface area contributed by atoms with Crippen molar-refractivity contribution in [2.45, 2.75) is 45.7 Å². The van der Waals surface area contributed by atoms with Crippen molar-refractivity contribution in [2.75, 3.05) is 6.54 Å². The number of likely N-dealkylation sites (tertiary alicyclic amines) is 1. The van der Waals surface area contributed by atoms with Gasteiger partial charge in [0.2, 0.25) is 0 Å². The highest BCUT2D eigenvalue weighted by Gasteiger charge is 2.33. The van der Waals surface area contributed by atoms with Crippen LogP contribution in [-0.4, -0.2) is 28.6 Å². The molecule has 100 valence electrons. The Labute approximate surface area is 108 Å². The van der Waals surface area contributed by atoms with Crippen LogP contribution in [0, 0.1) is 12.8 Å². The molecule has 1 saturated heterocycles. The molecule has 18 heavy (non-hydrogen) atoms. The molecule has 0 radical (unpaired) electrons. The molecular formula is C14H21NO3. The third kappa shape index (κ3) is 2.58. The highest BCUT2D eigenvalue weighted by Crippen LogP contribution is 2.31. The number of carboxylic acids is 1. The van der Waals surface area contributed by atoms with Crippen LogP contribution < -0.4 is 0 Å². The SMILES string of the molecule is Cc1ccc(C(C)N2CCC(C(=O)O)CC2C)o1. The van der Waals surface area contributed by atoms with E-state index in [-0.39, 0.29) is 18.0 Å². The molecule has 3 atom stereocenters. The van der Waals surface area contributed by atoms with Crippen molar-refractivity contribution in [3.05, 3.63) is 23.7 Å². The van der Waals surface area contributed by atoms with E-state index in [0.29, 0.717) is 0 Å². The molecule has 1 aliphatic rings. The average Bonchev–Trinajstić information content (AvgIpc) is 2.74. The van der Waals surface area contributed by atoms with Crippen molar-refractivity contribution in [3.8, 4) is 0 Å². The van der Waals surface area contributed by atoms with Crippen LogP contribution in [0.4, 0.5) is 0 Å². The zero-order valence-corrected chi connectivity index (χ0v) is 11.2. The minimum absolute atomic E-state index is 0.193. The number of rotatable bonds is 3. The van der Waals surface area contributed by atoms with Crippen molar-refractivity contribution in [3.63, 3.8) is 0 Å². The minimum atomic E-state index is -0.664. The van der Waals surface area contributed by atoms with E-state index in [0.717, 1.165) is 30.9 Å². The number of hydrogen-bond acceptors (Lipinski definition) is 3. The summed E-state index contributed by atoms with van der Waals surface area (Å²) < 4.78 is 5.66. The van der Waals surface area contributed by atoms with Gasteiger partial charge in [0, 0.05) is 6.04 Å². The molecule has 1 aromatic heterocycles. The van der Waals surface area contributed by atoms with Gasteiger partial charge in [-0.15, -0.1) is 0 Å². The fourth-order valence-corrected chi connectivity index (χ4v) is 2.83. The lowest BCUT2D eigenvalue weighted by atomic mass is 9.90. The summed E-state index contributed by atoms with van der Waals surface area (Å²) in [5.74, 6) is 1.03. The summed E-state index contributed by atoms with van der Waals surface area (Å²) in [4.78, 5) is 13.3. The summed E-state index contributed by atoms with van der Waals surface area (Å²) in [6.07, 6.45) is 1.45. The molecular weight excluding hydrogens is 230 g/mol. The normalized spacial score (nSPS) is 27.1. The summed E-state index contributed by atoms with van der Waals surface area (Å²) in [6, 6.07) is 4.47. The molecule has 4 heteroatoms. The topological polar surface area (TPSA) is 53.7 Å². The van der Waals surface area contributed by atoms with Gasteiger partial charge in [0.05, 0.1) is 12.0 Å². The molecule has 4 nitrogen and oxygen atoms in total. The Morgan fingerprint density at radius 1 is 1.56 bits per heavy atom. The van der Waals surface area contributed by atoms with Crippen LogP contribution in [0.1, 0.15) is 44.3 Å². The number of carbonyl (C=O) groups is 1. The summed E-state index contributed by atoms with van der Waals surface area (Å²) >= 11 is 0. The van der Waals surface area contributed by atoms with E-state index in [1.54, 1.807) is 0 Å². The third-order valence-electron chi connectivity index (χ3n) is 3.95. The minimum Gasteiger partial charge on any atom is -0.481 e. The molecule has 0 spiro atoms. The lowest BCUT2D eigenvalue weighted by molar-refractivity contribution is -0.144. The Morgan fingerprint density at radius 3 is 2.78 bits per heavy atom. The van der Waals surface area contributed by atoms with Gasteiger partial charge in [-0.25, -0.2) is 0 Å². The molecule has 1 N–H and O–H groups in total. The van der Waals surface area contributed by atoms with Crippen LogP contribution in [0.15, 0.2) is 16.5 Å². The number of aliphatic carboxylic acids is 1. The molecule has 1 fully saturated rings. The Morgan fingerprint density at radius 2 is 2.28 bits per heavy atom. The van der Waals surface area contributed by atoms with Crippen molar-refractivity contribution >= 4 is 5.97 Å². The number of nitrogens with zero attached hydrogens (tertiary/aromatic N) is 1. The number of carboxylic acid groups (broad SMARTS) is 1. The standard InChI is InChI=1S/C14H21NO3/c1-9-8-12(14(16)17)6-7-15(9)11(3)13-5-4-10(2)18-13/h4-5,9,11-12H,6-8H2,1-3H3,(H,16,17). The quantitative estimate of drug-likeness (QED) is 0.897. The molecule has 0 aromatic carbocycles. The average molecular weight is 251 g/mol. The van der Waals surface area contributed by atoms with Gasteiger partial charge in [-0.3, -0.25) is 9.69 Å². The molecule has 2 rings (SSSR count). The Bertz CT molecular complexity index is 426. The van der Waals surface area contributed by atoms with E-state index < -0.39 is 5.97 Å². The van der Waals surface area contributed by atoms with Gasteiger partial charge in [-0.1, -0.05) is 0 Å². The first-order chi connectivity index (χ1) is 8.49. The summed E-state index contributed by atoms with van der Waals surface area (Å²) in [6.45, 7) is 6.98. The van der Waals surface area contributed by atoms with Crippen LogP contribution in [-0.2, 0) is 4.79 Å². The Balaban J connectivity index is 2.04. The predicted octanol–water partition coefficient (Wildman–Crippen LogP) is 2.83. The van der Waals surface area contributed by atoms with E-state index in [1.807, 2.05) is 19.1 Å². The molecule has 2 heterocycles. The van der Waals surface area contributed by atoms with Gasteiger partial charge >= 0.3 is 5.97 Å². The molecule has 1 aliphatic heterocycles. The van der Waals surface area contributed by atoms with Gasteiger partial charge < -0.3 is 9.52 Å². The smallest absolute Gasteiger partial charge is 0.306 e. The largest absolute Gasteiger partial charge is 0.481 e. The predicted molar refractivity (Wildman–Crippen MR) is 68.4 cm³/mol. The van der Waals surface area contributed by atoms with E-state index >= 15 is 0 Å². The van der Waals surface area contributed by atoms with Gasteiger partial charge in [0.25, 0.3) is 0 Å². The van der Waals surface area contributed by atoms with Crippen LogP contribution >= 0.6 is 0 Å². The van der Waals surface area contributed by atoms with Gasteiger partial charge in [0.1, 0.15) is 11.5 Å². The monoisotopic (exact) mass is 251 g/mol. The summed E-state index contributed by atoms with van der Waals surface area (Å²) in [7, 11) is 0. The maximum atomic E-state index is 11.0. The number of aryl methyl sites for hydroxylation is 1. The Hall–Kier alpha value is -1.29. The molecule has 0 bridgehead atoms. The first-order valence-corrected chi connectivity index (χ1v) is 6.54. The maximum Gasteiger partial charge on any atom is 0.306 e. The van der Waals surface area contributed by atoms with Crippen molar-refractivity contribution in [1.82, 2.24) is 4.90 Å². The van der Waals surface area contributed by atoms with Crippen LogP contribution in [0.2, 0.25) is 0 Å². The number of furan rings is 1. The number of hydrogen-bond donors (Lipinski definition) is 1. The fraction of sp³-hybridized carbons (Fsp3) is 0.643. The zero-order chi connectivity index (χ0) is 13.3. The molecule has 3 unspecified atom stereocenters. The first kappa shape index (κ1) is 13.1. The fourth-order valence-electron chi connectivity index (χ4n) is 2.83. The number of piperidine rings is 1. The molecule has 1 aromatic rings. The van der Waals surface area contributed by atoms with E-state index in [1.165, 1.54) is 0 Å². The molecule has 0 saturated carbocycles. The van der Waals surface area contributed by atoms with Crippen LogP contribution in [0.5, 0.6) is 0 Å². The maximum absolute atomic E-state index is 11.0. The van der Waals surface area contributed by atoms with E-state index in [4.69, 9.17) is 9.52 Å². The van der Waals surface area contributed by atoms with Crippen molar-refractivity contribution in [2.24, 2.45) is 5.92 Å². The summed E-state index contributed by atoms with van der Waals surface area (Å²) in [5, 5.41) is 9.06. The van der Waals surface area contributed by atoms with Gasteiger partial charge in [-0.2, -0.15) is 0 Å². The second-order valence-corrected chi connectivity index (χ2v) is 5.27. The second kappa shape index (κ2) is 5.14. The second-order valence-electron chi connectivity index (χ2n) is 5.27. The lowest BCUT2D eigenvalue weighted by Gasteiger charge is -2.39. The van der Waals surface area contributed by atoms with Gasteiger partial charge in [-0.05, 0) is 52.3 Å². The van der Waals surface area contributed by atoms with Crippen molar-refractivity contribution < 1.29 is 14.3 Å². The zero-order valence-electron chi connectivity index (χ0n) is 11.2. The summed E-state index contributed by atoms with van der Waals surface area (Å²) in [5.41, 5.74) is 0. The first-order valence-electron chi connectivity index (χ1n) is 6.54. The third-order valence-corrected chi connectivity index (χ3v) is 3.95. The highest BCUT2D eigenvalue weighted by atomic mass is 16.4. The lowest BCUT2D eigenvalue weighted by Crippen LogP contribution is -2.43.